The van der Waals surface area contributed by atoms with Gasteiger partial charge in [0.1, 0.15) is 5.69 Å². The zero-order chi connectivity index (χ0) is 17.2. The Kier molecular flexibility index (Phi) is 4.68. The maximum Gasteiger partial charge on any atom is 0.311 e. The summed E-state index contributed by atoms with van der Waals surface area (Å²) in [5, 5.41) is 18.6. The summed E-state index contributed by atoms with van der Waals surface area (Å²) in [6, 6.07) is 3.80. The second kappa shape index (κ2) is 6.74. The fourth-order valence-corrected chi connectivity index (χ4v) is 3.55. The van der Waals surface area contributed by atoms with E-state index in [1.807, 2.05) is 17.5 Å². The van der Waals surface area contributed by atoms with Gasteiger partial charge in [-0.2, -0.15) is 5.10 Å². The summed E-state index contributed by atoms with van der Waals surface area (Å²) >= 11 is 1.50. The second-order valence-corrected chi connectivity index (χ2v) is 6.87. The van der Waals surface area contributed by atoms with E-state index in [4.69, 9.17) is 4.74 Å². The molecule has 0 saturated carbocycles. The van der Waals surface area contributed by atoms with Crippen molar-refractivity contribution in [3.05, 3.63) is 29.3 Å². The normalized spacial score (nSPS) is 16.7. The molecule has 1 aliphatic rings. The van der Waals surface area contributed by atoms with Gasteiger partial charge >= 0.3 is 5.97 Å². The Hall–Kier alpha value is -2.19. The van der Waals surface area contributed by atoms with Gasteiger partial charge < -0.3 is 15.2 Å². The Morgan fingerprint density at radius 2 is 2.21 bits per heavy atom. The maximum atomic E-state index is 12.6. The zero-order valence-electron chi connectivity index (χ0n) is 13.3. The van der Waals surface area contributed by atoms with E-state index >= 15 is 0 Å². The molecule has 0 unspecified atom stereocenters. The van der Waals surface area contributed by atoms with Crippen molar-refractivity contribution in [1.29, 1.82) is 0 Å². The minimum Gasteiger partial charge on any atom is -0.481 e. The molecular weight excluding hydrogens is 330 g/mol. The number of carboxylic acids is 1. The fourth-order valence-electron chi connectivity index (χ4n) is 2.82. The summed E-state index contributed by atoms with van der Waals surface area (Å²) in [5.74, 6) is -1.20. The topological polar surface area (TPSA) is 93.5 Å². The standard InChI is InChI=1S/C16H19N3O4S/c1-19-9-11(13(18-19)12-3-2-8-24-12)14(20)17-10-16(15(21)22)4-6-23-7-5-16/h2-3,8-9H,4-7,10H2,1H3,(H,17,20)(H,21,22). The van der Waals surface area contributed by atoms with Crippen LogP contribution in [0, 0.1) is 5.41 Å². The molecule has 7 nitrogen and oxygen atoms in total. The van der Waals surface area contributed by atoms with Crippen molar-refractivity contribution >= 4 is 23.2 Å². The number of amides is 1. The van der Waals surface area contributed by atoms with Gasteiger partial charge in [-0.15, -0.1) is 11.3 Å². The number of nitrogens with zero attached hydrogens (tertiary/aromatic N) is 2. The smallest absolute Gasteiger partial charge is 0.311 e. The van der Waals surface area contributed by atoms with Crippen LogP contribution in [0.4, 0.5) is 0 Å². The molecule has 1 amide bonds. The molecule has 0 radical (unpaired) electrons. The number of aliphatic carboxylic acids is 1. The summed E-state index contributed by atoms with van der Waals surface area (Å²) in [6.45, 7) is 0.883. The van der Waals surface area contributed by atoms with Gasteiger partial charge in [-0.1, -0.05) is 6.07 Å². The van der Waals surface area contributed by atoms with Crippen LogP contribution in [0.2, 0.25) is 0 Å². The molecule has 2 aromatic rings. The van der Waals surface area contributed by atoms with E-state index in [1.54, 1.807) is 17.9 Å². The third-order valence-electron chi connectivity index (χ3n) is 4.32. The first-order valence-electron chi connectivity index (χ1n) is 7.69. The number of aryl methyl sites for hydroxylation is 1. The van der Waals surface area contributed by atoms with Crippen LogP contribution in [0.25, 0.3) is 10.6 Å². The quantitative estimate of drug-likeness (QED) is 0.858. The highest BCUT2D eigenvalue weighted by Gasteiger charge is 2.40. The van der Waals surface area contributed by atoms with Gasteiger partial charge in [0.15, 0.2) is 0 Å². The maximum absolute atomic E-state index is 12.6. The van der Waals surface area contributed by atoms with Crippen molar-refractivity contribution < 1.29 is 19.4 Å². The average molecular weight is 349 g/mol. The van der Waals surface area contributed by atoms with Crippen molar-refractivity contribution in [2.24, 2.45) is 12.5 Å². The van der Waals surface area contributed by atoms with E-state index < -0.39 is 11.4 Å². The molecule has 0 spiro atoms. The highest BCUT2D eigenvalue weighted by Crippen LogP contribution is 2.31. The Labute approximate surface area is 143 Å². The molecule has 1 aliphatic heterocycles. The van der Waals surface area contributed by atoms with E-state index in [2.05, 4.69) is 10.4 Å². The van der Waals surface area contributed by atoms with Gasteiger partial charge in [-0.3, -0.25) is 14.3 Å². The highest BCUT2D eigenvalue weighted by molar-refractivity contribution is 7.13. The number of thiophene rings is 1. The van der Waals surface area contributed by atoms with Crippen LogP contribution in [0.3, 0.4) is 0 Å². The number of carbonyl (C=O) groups is 2. The van der Waals surface area contributed by atoms with Crippen molar-refractivity contribution in [3.63, 3.8) is 0 Å². The molecule has 2 N–H and O–H groups in total. The predicted octanol–water partition coefficient (Wildman–Crippen LogP) is 1.76. The number of aromatic nitrogens is 2. The zero-order valence-corrected chi connectivity index (χ0v) is 14.1. The minimum atomic E-state index is -0.959. The van der Waals surface area contributed by atoms with Crippen LogP contribution in [0.5, 0.6) is 0 Å². The van der Waals surface area contributed by atoms with Crippen LogP contribution in [-0.4, -0.2) is 46.5 Å². The van der Waals surface area contributed by atoms with Gasteiger partial charge in [-0.05, 0) is 24.3 Å². The van der Waals surface area contributed by atoms with E-state index in [0.717, 1.165) is 4.88 Å². The number of hydrogen-bond acceptors (Lipinski definition) is 5. The van der Waals surface area contributed by atoms with Crippen molar-refractivity contribution in [2.75, 3.05) is 19.8 Å². The first-order chi connectivity index (χ1) is 11.5. The van der Waals surface area contributed by atoms with Crippen LogP contribution >= 0.6 is 11.3 Å². The lowest BCUT2D eigenvalue weighted by Crippen LogP contribution is -2.46. The molecule has 8 heteroatoms. The number of ether oxygens (including phenoxy) is 1. The largest absolute Gasteiger partial charge is 0.481 e. The molecule has 3 rings (SSSR count). The van der Waals surface area contributed by atoms with E-state index in [-0.39, 0.29) is 12.5 Å². The SMILES string of the molecule is Cn1cc(C(=O)NCC2(C(=O)O)CCOCC2)c(-c2cccs2)n1. The molecule has 24 heavy (non-hydrogen) atoms. The highest BCUT2D eigenvalue weighted by atomic mass is 32.1. The van der Waals surface area contributed by atoms with E-state index in [1.165, 1.54) is 11.3 Å². The van der Waals surface area contributed by atoms with Crippen LogP contribution in [0.15, 0.2) is 23.7 Å². The van der Waals surface area contributed by atoms with Crippen LogP contribution in [-0.2, 0) is 16.6 Å². The summed E-state index contributed by atoms with van der Waals surface area (Å²) in [5.41, 5.74) is 0.105. The molecule has 2 aromatic heterocycles. The summed E-state index contributed by atoms with van der Waals surface area (Å²) in [4.78, 5) is 25.2. The van der Waals surface area contributed by atoms with Gasteiger partial charge in [-0.25, -0.2) is 0 Å². The summed E-state index contributed by atoms with van der Waals surface area (Å²) in [6.07, 6.45) is 2.45. The van der Waals surface area contributed by atoms with Crippen LogP contribution < -0.4 is 5.32 Å². The lowest BCUT2D eigenvalue weighted by atomic mass is 9.80. The van der Waals surface area contributed by atoms with Crippen LogP contribution in [0.1, 0.15) is 23.2 Å². The molecule has 128 valence electrons. The van der Waals surface area contributed by atoms with Crippen molar-refractivity contribution in [1.82, 2.24) is 15.1 Å². The van der Waals surface area contributed by atoms with Gasteiger partial charge in [0.2, 0.25) is 0 Å². The number of carboxylic acid groups (broad SMARTS) is 1. The second-order valence-electron chi connectivity index (χ2n) is 5.92. The number of nitrogens with one attached hydrogen (secondary N) is 1. The predicted molar refractivity (Wildman–Crippen MR) is 89.0 cm³/mol. The van der Waals surface area contributed by atoms with Gasteiger partial charge in [0.05, 0.1) is 15.9 Å². The van der Waals surface area contributed by atoms with E-state index in [0.29, 0.717) is 37.3 Å². The number of hydrogen-bond donors (Lipinski definition) is 2. The average Bonchev–Trinajstić information content (AvgIpc) is 3.22. The molecule has 3 heterocycles. The molecular formula is C16H19N3O4S. The monoisotopic (exact) mass is 349 g/mol. The third-order valence-corrected chi connectivity index (χ3v) is 5.20. The molecule has 0 aliphatic carbocycles. The fraction of sp³-hybridized carbons (Fsp3) is 0.438. The summed E-state index contributed by atoms with van der Waals surface area (Å²) < 4.78 is 6.84. The van der Waals surface area contributed by atoms with Crippen molar-refractivity contribution in [3.8, 4) is 10.6 Å². The molecule has 0 aromatic carbocycles. The molecule has 1 fully saturated rings. The third kappa shape index (κ3) is 3.20. The molecule has 0 atom stereocenters. The van der Waals surface area contributed by atoms with Gasteiger partial charge in [0.25, 0.3) is 5.91 Å². The first kappa shape index (κ1) is 16.7. The Balaban J connectivity index is 1.77. The van der Waals surface area contributed by atoms with E-state index in [9.17, 15) is 14.7 Å². The Morgan fingerprint density at radius 3 is 2.83 bits per heavy atom. The lowest BCUT2D eigenvalue weighted by Gasteiger charge is -2.33. The molecule has 1 saturated heterocycles. The van der Waals surface area contributed by atoms with Crippen molar-refractivity contribution in [2.45, 2.75) is 12.8 Å². The Bertz CT molecular complexity index is 733. The number of carbonyl (C=O) groups excluding carboxylic acids is 1. The minimum absolute atomic E-state index is 0.0866. The lowest BCUT2D eigenvalue weighted by molar-refractivity contribution is -0.154. The number of rotatable bonds is 5. The first-order valence-corrected chi connectivity index (χ1v) is 8.57. The summed E-state index contributed by atoms with van der Waals surface area (Å²) in [7, 11) is 1.76. The molecule has 0 bridgehead atoms. The Morgan fingerprint density at radius 1 is 1.46 bits per heavy atom. The van der Waals surface area contributed by atoms with Gasteiger partial charge in [0, 0.05) is 33.0 Å².